The van der Waals surface area contributed by atoms with E-state index in [0.29, 0.717) is 22.6 Å². The zero-order chi connectivity index (χ0) is 15.2. The van der Waals surface area contributed by atoms with Crippen LogP contribution in [0.4, 0.5) is 0 Å². The van der Waals surface area contributed by atoms with Gasteiger partial charge in [-0.15, -0.1) is 0 Å². The number of rotatable bonds is 4. The van der Waals surface area contributed by atoms with Gasteiger partial charge < -0.3 is 9.47 Å². The molecule has 2 aromatic rings. The molecular formula is C17H15NO3. The Morgan fingerprint density at radius 3 is 2.48 bits per heavy atom. The van der Waals surface area contributed by atoms with E-state index in [0.717, 1.165) is 0 Å². The fourth-order valence-electron chi connectivity index (χ4n) is 1.76. The van der Waals surface area contributed by atoms with E-state index < -0.39 is 5.97 Å². The maximum absolute atomic E-state index is 12.0. The van der Waals surface area contributed by atoms with Crippen LogP contribution < -0.4 is 9.47 Å². The van der Waals surface area contributed by atoms with Gasteiger partial charge in [0.25, 0.3) is 0 Å². The largest absolute Gasteiger partial charge is 0.490 e. The minimum atomic E-state index is -0.506. The number of benzene rings is 2. The molecule has 106 valence electrons. The SMILES string of the molecule is CC(C)Oc1ccc(C(=O)Oc2ccccc2)cc1C#N. The monoisotopic (exact) mass is 281 g/mol. The second kappa shape index (κ2) is 6.58. The van der Waals surface area contributed by atoms with Crippen molar-refractivity contribution in [3.05, 3.63) is 59.7 Å². The zero-order valence-corrected chi connectivity index (χ0v) is 11.9. The molecular weight excluding hydrogens is 266 g/mol. The number of carbonyl (C=O) groups is 1. The van der Waals surface area contributed by atoms with Crippen molar-refractivity contribution >= 4 is 5.97 Å². The van der Waals surface area contributed by atoms with Crippen molar-refractivity contribution in [2.75, 3.05) is 0 Å². The lowest BCUT2D eigenvalue weighted by atomic mass is 10.1. The second-order valence-electron chi connectivity index (χ2n) is 4.69. The van der Waals surface area contributed by atoms with E-state index in [4.69, 9.17) is 14.7 Å². The van der Waals surface area contributed by atoms with Crippen molar-refractivity contribution < 1.29 is 14.3 Å². The lowest BCUT2D eigenvalue weighted by Gasteiger charge is -2.12. The molecule has 2 aromatic carbocycles. The van der Waals surface area contributed by atoms with Crippen LogP contribution >= 0.6 is 0 Å². The minimum absolute atomic E-state index is 0.0424. The van der Waals surface area contributed by atoms with Crippen LogP contribution in [-0.4, -0.2) is 12.1 Å². The molecule has 0 aliphatic carbocycles. The third-order valence-corrected chi connectivity index (χ3v) is 2.65. The molecule has 0 heterocycles. The Balaban J connectivity index is 2.21. The summed E-state index contributed by atoms with van der Waals surface area (Å²) in [5, 5.41) is 9.15. The van der Waals surface area contributed by atoms with E-state index in [2.05, 4.69) is 0 Å². The van der Waals surface area contributed by atoms with Gasteiger partial charge in [0.05, 0.1) is 17.2 Å². The predicted octanol–water partition coefficient (Wildman–Crippen LogP) is 3.56. The molecule has 0 amide bonds. The lowest BCUT2D eigenvalue weighted by molar-refractivity contribution is 0.0734. The fourth-order valence-corrected chi connectivity index (χ4v) is 1.76. The summed E-state index contributed by atoms with van der Waals surface area (Å²) in [7, 11) is 0. The van der Waals surface area contributed by atoms with Crippen molar-refractivity contribution in [2.24, 2.45) is 0 Å². The first-order valence-electron chi connectivity index (χ1n) is 6.58. The molecule has 0 N–H and O–H groups in total. The third-order valence-electron chi connectivity index (χ3n) is 2.65. The summed E-state index contributed by atoms with van der Waals surface area (Å²) in [5.74, 6) is 0.418. The van der Waals surface area contributed by atoms with Gasteiger partial charge in [-0.25, -0.2) is 4.79 Å². The van der Waals surface area contributed by atoms with Crippen LogP contribution in [0.25, 0.3) is 0 Å². The van der Waals surface area contributed by atoms with Crippen molar-refractivity contribution in [3.63, 3.8) is 0 Å². The van der Waals surface area contributed by atoms with Gasteiger partial charge in [0.2, 0.25) is 0 Å². The minimum Gasteiger partial charge on any atom is -0.490 e. The first kappa shape index (κ1) is 14.6. The molecule has 0 saturated carbocycles. The number of carbonyl (C=O) groups excluding carboxylic acids is 1. The molecule has 4 heteroatoms. The average Bonchev–Trinajstić information content (AvgIpc) is 2.48. The number of esters is 1. The molecule has 0 radical (unpaired) electrons. The molecule has 0 bridgehead atoms. The average molecular weight is 281 g/mol. The Bertz CT molecular complexity index is 672. The Morgan fingerprint density at radius 2 is 1.86 bits per heavy atom. The Hall–Kier alpha value is -2.80. The van der Waals surface area contributed by atoms with Gasteiger partial charge >= 0.3 is 5.97 Å². The van der Waals surface area contributed by atoms with Gasteiger partial charge in [0, 0.05) is 0 Å². The van der Waals surface area contributed by atoms with Crippen molar-refractivity contribution in [1.82, 2.24) is 0 Å². The molecule has 0 aliphatic heterocycles. The van der Waals surface area contributed by atoms with E-state index in [1.807, 2.05) is 26.0 Å². The van der Waals surface area contributed by atoms with Crippen molar-refractivity contribution in [2.45, 2.75) is 20.0 Å². The number of ether oxygens (including phenoxy) is 2. The third kappa shape index (κ3) is 3.83. The number of hydrogen-bond donors (Lipinski definition) is 0. The maximum Gasteiger partial charge on any atom is 0.343 e. The Labute approximate surface area is 123 Å². The van der Waals surface area contributed by atoms with Crippen LogP contribution in [-0.2, 0) is 0 Å². The first-order valence-corrected chi connectivity index (χ1v) is 6.58. The number of hydrogen-bond acceptors (Lipinski definition) is 4. The molecule has 0 saturated heterocycles. The highest BCUT2D eigenvalue weighted by molar-refractivity contribution is 5.91. The number of nitriles is 1. The zero-order valence-electron chi connectivity index (χ0n) is 11.9. The highest BCUT2D eigenvalue weighted by atomic mass is 16.5. The first-order chi connectivity index (χ1) is 10.1. The van der Waals surface area contributed by atoms with E-state index in [1.165, 1.54) is 6.07 Å². The standard InChI is InChI=1S/C17H15NO3/c1-12(2)20-16-9-8-13(10-14(16)11-18)17(19)21-15-6-4-3-5-7-15/h3-10,12H,1-2H3. The highest BCUT2D eigenvalue weighted by Gasteiger charge is 2.13. The summed E-state index contributed by atoms with van der Waals surface area (Å²) in [5.41, 5.74) is 0.623. The Morgan fingerprint density at radius 1 is 1.14 bits per heavy atom. The summed E-state index contributed by atoms with van der Waals surface area (Å²) in [6, 6.07) is 15.5. The molecule has 0 unspecified atom stereocenters. The predicted molar refractivity (Wildman–Crippen MR) is 78.3 cm³/mol. The van der Waals surface area contributed by atoms with Crippen LogP contribution in [0.5, 0.6) is 11.5 Å². The normalized spacial score (nSPS) is 10.0. The van der Waals surface area contributed by atoms with Crippen LogP contribution in [0.1, 0.15) is 29.8 Å². The lowest BCUT2D eigenvalue weighted by Crippen LogP contribution is -2.10. The quantitative estimate of drug-likeness (QED) is 0.635. The molecule has 21 heavy (non-hydrogen) atoms. The molecule has 0 spiro atoms. The van der Waals surface area contributed by atoms with Gasteiger partial charge in [0.1, 0.15) is 17.6 Å². The molecule has 0 aliphatic rings. The van der Waals surface area contributed by atoms with Crippen LogP contribution in [0.2, 0.25) is 0 Å². The van der Waals surface area contributed by atoms with Crippen LogP contribution in [0, 0.1) is 11.3 Å². The molecule has 4 nitrogen and oxygen atoms in total. The smallest absolute Gasteiger partial charge is 0.343 e. The topological polar surface area (TPSA) is 59.3 Å². The van der Waals surface area contributed by atoms with Crippen molar-refractivity contribution in [1.29, 1.82) is 5.26 Å². The van der Waals surface area contributed by atoms with E-state index in [-0.39, 0.29) is 6.10 Å². The van der Waals surface area contributed by atoms with Gasteiger partial charge in [-0.1, -0.05) is 18.2 Å². The van der Waals surface area contributed by atoms with Gasteiger partial charge in [-0.2, -0.15) is 5.26 Å². The van der Waals surface area contributed by atoms with E-state index in [9.17, 15) is 4.79 Å². The Kier molecular flexibility index (Phi) is 4.57. The number of para-hydroxylation sites is 1. The summed E-state index contributed by atoms with van der Waals surface area (Å²) in [6.45, 7) is 3.75. The second-order valence-corrected chi connectivity index (χ2v) is 4.69. The molecule has 0 aromatic heterocycles. The summed E-state index contributed by atoms with van der Waals surface area (Å²) in [6.07, 6.45) is -0.0424. The van der Waals surface area contributed by atoms with Gasteiger partial charge in [-0.05, 0) is 44.2 Å². The summed E-state index contributed by atoms with van der Waals surface area (Å²) >= 11 is 0. The maximum atomic E-state index is 12.0. The number of nitrogens with zero attached hydrogens (tertiary/aromatic N) is 1. The summed E-state index contributed by atoms with van der Waals surface area (Å²) in [4.78, 5) is 12.0. The van der Waals surface area contributed by atoms with Crippen molar-refractivity contribution in [3.8, 4) is 17.6 Å². The van der Waals surface area contributed by atoms with Crippen LogP contribution in [0.3, 0.4) is 0 Å². The van der Waals surface area contributed by atoms with Gasteiger partial charge in [-0.3, -0.25) is 0 Å². The van der Waals surface area contributed by atoms with Crippen LogP contribution in [0.15, 0.2) is 48.5 Å². The van der Waals surface area contributed by atoms with E-state index >= 15 is 0 Å². The van der Waals surface area contributed by atoms with Gasteiger partial charge in [0.15, 0.2) is 0 Å². The molecule has 2 rings (SSSR count). The highest BCUT2D eigenvalue weighted by Crippen LogP contribution is 2.21. The summed E-state index contributed by atoms with van der Waals surface area (Å²) < 4.78 is 10.7. The molecule has 0 atom stereocenters. The fraction of sp³-hybridized carbons (Fsp3) is 0.176. The molecule has 0 fully saturated rings. The van der Waals surface area contributed by atoms with E-state index in [1.54, 1.807) is 36.4 Å².